The van der Waals surface area contributed by atoms with E-state index >= 15 is 0 Å². The van der Waals surface area contributed by atoms with Gasteiger partial charge in [-0.1, -0.05) is 44.4 Å². The molecule has 0 bridgehead atoms. The molecule has 1 aromatic rings. The first-order valence-corrected chi connectivity index (χ1v) is 5.59. The van der Waals surface area contributed by atoms with E-state index < -0.39 is 11.7 Å². The maximum atomic E-state index is 12.6. The molecule has 18 heavy (non-hydrogen) atoms. The van der Waals surface area contributed by atoms with Crippen LogP contribution in [0.3, 0.4) is 0 Å². The van der Waals surface area contributed by atoms with Crippen molar-refractivity contribution in [3.8, 4) is 0 Å². The molecule has 0 spiro atoms. The zero-order chi connectivity index (χ0) is 13.8. The minimum atomic E-state index is -4.31. The monoisotopic (exact) mass is 252 g/mol. The van der Waals surface area contributed by atoms with Gasteiger partial charge < -0.3 is 0 Å². The highest BCUT2D eigenvalue weighted by Gasteiger charge is 2.30. The van der Waals surface area contributed by atoms with Crippen LogP contribution in [0.4, 0.5) is 13.2 Å². The zero-order valence-corrected chi connectivity index (χ0v) is 10.2. The Labute approximate surface area is 105 Å². The predicted octanol–water partition coefficient (Wildman–Crippen LogP) is 5.02. The van der Waals surface area contributed by atoms with Crippen LogP contribution in [0.1, 0.15) is 23.6 Å². The Morgan fingerprint density at radius 3 is 2.39 bits per heavy atom. The number of benzene rings is 1. The first-order valence-electron chi connectivity index (χ1n) is 5.59. The van der Waals surface area contributed by atoms with E-state index in [4.69, 9.17) is 0 Å². The van der Waals surface area contributed by atoms with Gasteiger partial charge in [0.15, 0.2) is 0 Å². The van der Waals surface area contributed by atoms with Crippen molar-refractivity contribution in [1.82, 2.24) is 0 Å². The van der Waals surface area contributed by atoms with Gasteiger partial charge in [0.25, 0.3) is 0 Å². The SMILES string of the molecule is C=CC=C(C=C)c1ccc(C(F)(F)F)cc1CC. The van der Waals surface area contributed by atoms with Gasteiger partial charge in [-0.25, -0.2) is 0 Å². The fraction of sp³-hybridized carbons (Fsp3) is 0.200. The minimum absolute atomic E-state index is 0.529. The number of rotatable bonds is 4. The smallest absolute Gasteiger partial charge is 0.166 e. The molecule has 96 valence electrons. The van der Waals surface area contributed by atoms with Crippen molar-refractivity contribution >= 4 is 5.57 Å². The summed E-state index contributed by atoms with van der Waals surface area (Å²) in [6, 6.07) is 3.77. The summed E-state index contributed by atoms with van der Waals surface area (Å²) in [4.78, 5) is 0. The van der Waals surface area contributed by atoms with Crippen molar-refractivity contribution in [2.45, 2.75) is 19.5 Å². The highest BCUT2D eigenvalue weighted by atomic mass is 19.4. The van der Waals surface area contributed by atoms with E-state index in [1.165, 1.54) is 12.1 Å². The molecule has 0 nitrogen and oxygen atoms in total. The maximum Gasteiger partial charge on any atom is 0.416 e. The third kappa shape index (κ3) is 3.13. The topological polar surface area (TPSA) is 0 Å². The average Bonchev–Trinajstić information content (AvgIpc) is 2.34. The Kier molecular flexibility index (Phi) is 4.54. The summed E-state index contributed by atoms with van der Waals surface area (Å²) < 4.78 is 37.8. The molecule has 0 saturated heterocycles. The van der Waals surface area contributed by atoms with Gasteiger partial charge in [-0.3, -0.25) is 0 Å². The van der Waals surface area contributed by atoms with Crippen molar-refractivity contribution in [2.75, 3.05) is 0 Å². The minimum Gasteiger partial charge on any atom is -0.166 e. The largest absolute Gasteiger partial charge is 0.416 e. The summed E-state index contributed by atoms with van der Waals surface area (Å²) in [5.41, 5.74) is 1.57. The lowest BCUT2D eigenvalue weighted by molar-refractivity contribution is -0.137. The molecule has 0 aliphatic rings. The normalized spacial score (nSPS) is 12.3. The van der Waals surface area contributed by atoms with E-state index in [0.717, 1.165) is 17.2 Å². The molecular weight excluding hydrogens is 237 g/mol. The van der Waals surface area contributed by atoms with Crippen LogP contribution in [0, 0.1) is 0 Å². The number of hydrogen-bond donors (Lipinski definition) is 0. The first-order chi connectivity index (χ1) is 8.43. The van der Waals surface area contributed by atoms with Gasteiger partial charge in [-0.15, -0.1) is 0 Å². The summed E-state index contributed by atoms with van der Waals surface area (Å²) in [6.07, 6.45) is 1.16. The quantitative estimate of drug-likeness (QED) is 0.660. The number of halogens is 3. The van der Waals surface area contributed by atoms with E-state index in [9.17, 15) is 13.2 Å². The van der Waals surface area contributed by atoms with Gasteiger partial charge in [0.2, 0.25) is 0 Å². The summed E-state index contributed by atoms with van der Waals surface area (Å²) in [5.74, 6) is 0. The van der Waals surface area contributed by atoms with Crippen molar-refractivity contribution in [3.63, 3.8) is 0 Å². The number of hydrogen-bond acceptors (Lipinski definition) is 0. The summed E-state index contributed by atoms with van der Waals surface area (Å²) in [7, 11) is 0. The molecule has 0 radical (unpaired) electrons. The molecule has 3 heteroatoms. The third-order valence-corrected chi connectivity index (χ3v) is 2.64. The predicted molar refractivity (Wildman–Crippen MR) is 69.2 cm³/mol. The number of allylic oxidation sites excluding steroid dienone is 4. The lowest BCUT2D eigenvalue weighted by Gasteiger charge is -2.13. The molecule has 0 aromatic heterocycles. The Morgan fingerprint density at radius 2 is 1.94 bits per heavy atom. The first kappa shape index (κ1) is 14.3. The molecule has 0 N–H and O–H groups in total. The molecule has 0 saturated carbocycles. The standard InChI is InChI=1S/C15H15F3/c1-4-7-11(5-2)14-9-8-13(15(16,17)18)10-12(14)6-3/h4-5,7-10H,1-2,6H2,3H3. The molecule has 0 fully saturated rings. The van der Waals surface area contributed by atoms with Gasteiger partial charge >= 0.3 is 6.18 Å². The van der Waals surface area contributed by atoms with Gasteiger partial charge in [0.1, 0.15) is 0 Å². The van der Waals surface area contributed by atoms with Crippen LogP contribution in [-0.4, -0.2) is 0 Å². The van der Waals surface area contributed by atoms with E-state index in [1.54, 1.807) is 18.2 Å². The van der Waals surface area contributed by atoms with Crippen molar-refractivity contribution in [2.24, 2.45) is 0 Å². The van der Waals surface area contributed by atoms with Gasteiger partial charge in [-0.2, -0.15) is 13.2 Å². The molecule has 0 unspecified atom stereocenters. The third-order valence-electron chi connectivity index (χ3n) is 2.64. The van der Waals surface area contributed by atoms with Crippen LogP contribution < -0.4 is 0 Å². The van der Waals surface area contributed by atoms with Crippen LogP contribution in [0.15, 0.2) is 49.6 Å². The lowest BCUT2D eigenvalue weighted by atomic mass is 9.95. The average molecular weight is 252 g/mol. The molecule has 0 amide bonds. The Morgan fingerprint density at radius 1 is 1.28 bits per heavy atom. The van der Waals surface area contributed by atoms with Crippen LogP contribution in [0.5, 0.6) is 0 Å². The fourth-order valence-electron chi connectivity index (χ4n) is 1.74. The maximum absolute atomic E-state index is 12.6. The van der Waals surface area contributed by atoms with Crippen molar-refractivity contribution < 1.29 is 13.2 Å². The van der Waals surface area contributed by atoms with Crippen molar-refractivity contribution in [3.05, 3.63) is 66.3 Å². The summed E-state index contributed by atoms with van der Waals surface area (Å²) >= 11 is 0. The number of alkyl halides is 3. The molecular formula is C15H15F3. The Balaban J connectivity index is 3.36. The second kappa shape index (κ2) is 5.71. The Hall–Kier alpha value is -1.77. The van der Waals surface area contributed by atoms with E-state index in [1.807, 2.05) is 6.92 Å². The highest BCUT2D eigenvalue weighted by Crippen LogP contribution is 2.32. The van der Waals surface area contributed by atoms with Gasteiger partial charge in [0.05, 0.1) is 5.56 Å². The molecule has 0 atom stereocenters. The van der Waals surface area contributed by atoms with Crippen LogP contribution in [0.2, 0.25) is 0 Å². The second-order valence-corrected chi connectivity index (χ2v) is 3.79. The molecule has 0 aliphatic heterocycles. The van der Waals surface area contributed by atoms with Crippen LogP contribution >= 0.6 is 0 Å². The van der Waals surface area contributed by atoms with E-state index in [2.05, 4.69) is 13.2 Å². The fourth-order valence-corrected chi connectivity index (χ4v) is 1.74. The molecule has 1 aromatic carbocycles. The Bertz CT molecular complexity index is 479. The zero-order valence-electron chi connectivity index (χ0n) is 10.2. The van der Waals surface area contributed by atoms with Crippen LogP contribution in [0.25, 0.3) is 5.57 Å². The summed E-state index contributed by atoms with van der Waals surface area (Å²) in [6.45, 7) is 9.07. The molecule has 0 aliphatic carbocycles. The molecule has 0 heterocycles. The van der Waals surface area contributed by atoms with Gasteiger partial charge in [0, 0.05) is 0 Å². The van der Waals surface area contributed by atoms with E-state index in [0.29, 0.717) is 12.0 Å². The van der Waals surface area contributed by atoms with E-state index in [-0.39, 0.29) is 0 Å². The highest BCUT2D eigenvalue weighted by molar-refractivity contribution is 5.76. The second-order valence-electron chi connectivity index (χ2n) is 3.79. The van der Waals surface area contributed by atoms with Gasteiger partial charge in [-0.05, 0) is 35.3 Å². The lowest BCUT2D eigenvalue weighted by Crippen LogP contribution is -2.06. The van der Waals surface area contributed by atoms with Crippen LogP contribution in [-0.2, 0) is 12.6 Å². The van der Waals surface area contributed by atoms with Crippen molar-refractivity contribution in [1.29, 1.82) is 0 Å². The number of aryl methyl sites for hydroxylation is 1. The summed E-state index contributed by atoms with van der Waals surface area (Å²) in [5, 5.41) is 0. The molecule has 1 rings (SSSR count).